The van der Waals surface area contributed by atoms with Crippen LogP contribution in [0.1, 0.15) is 35.3 Å². The van der Waals surface area contributed by atoms with Crippen LogP contribution >= 0.6 is 24.0 Å². The molecule has 0 bridgehead atoms. The molecule has 0 saturated heterocycles. The molecule has 0 unspecified atom stereocenters. The van der Waals surface area contributed by atoms with Crippen molar-refractivity contribution in [2.45, 2.75) is 26.9 Å². The first-order valence-corrected chi connectivity index (χ1v) is 9.42. The van der Waals surface area contributed by atoms with Gasteiger partial charge < -0.3 is 15.1 Å². The molecule has 2 aromatic carbocycles. The summed E-state index contributed by atoms with van der Waals surface area (Å²) in [5.41, 5.74) is 3.08. The van der Waals surface area contributed by atoms with Crippen molar-refractivity contribution in [1.29, 1.82) is 0 Å². The Morgan fingerprint density at radius 1 is 0.964 bits per heavy atom. The molecule has 1 N–H and O–H groups in total. The van der Waals surface area contributed by atoms with Gasteiger partial charge in [-0.25, -0.2) is 0 Å². The van der Waals surface area contributed by atoms with E-state index >= 15 is 0 Å². The van der Waals surface area contributed by atoms with Crippen molar-refractivity contribution in [3.05, 3.63) is 71.3 Å². The van der Waals surface area contributed by atoms with E-state index in [9.17, 15) is 4.79 Å². The molecule has 0 aliphatic rings. The highest BCUT2D eigenvalue weighted by Gasteiger charge is 2.12. The monoisotopic (exact) mass is 494 g/mol. The van der Waals surface area contributed by atoms with E-state index in [1.165, 1.54) is 5.56 Å². The molecule has 2 rings (SSSR count). The Morgan fingerprint density at radius 3 is 2.11 bits per heavy atom. The number of amides is 1. The highest BCUT2D eigenvalue weighted by molar-refractivity contribution is 14.0. The first kappa shape index (κ1) is 23.9. The summed E-state index contributed by atoms with van der Waals surface area (Å²) in [5, 5.41) is 3.38. The molecule has 0 radical (unpaired) electrons. The SMILES string of the molecule is CCN(CC)C(=O)c1ccc(CNC(=NC)N(C)Cc2ccccc2)cc1.I. The van der Waals surface area contributed by atoms with Crippen LogP contribution in [0.15, 0.2) is 59.6 Å². The Morgan fingerprint density at radius 2 is 1.57 bits per heavy atom. The Kier molecular flexibility index (Phi) is 10.6. The predicted molar refractivity (Wildman–Crippen MR) is 127 cm³/mol. The van der Waals surface area contributed by atoms with E-state index in [-0.39, 0.29) is 29.9 Å². The minimum Gasteiger partial charge on any atom is -0.352 e. The van der Waals surface area contributed by atoms with E-state index in [1.807, 2.05) is 68.3 Å². The molecule has 152 valence electrons. The van der Waals surface area contributed by atoms with Crippen LogP contribution in [0.5, 0.6) is 0 Å². The van der Waals surface area contributed by atoms with Gasteiger partial charge in [-0.2, -0.15) is 0 Å². The smallest absolute Gasteiger partial charge is 0.253 e. The number of hydrogen-bond acceptors (Lipinski definition) is 2. The van der Waals surface area contributed by atoms with Crippen LogP contribution < -0.4 is 5.32 Å². The van der Waals surface area contributed by atoms with Gasteiger partial charge in [-0.05, 0) is 37.1 Å². The summed E-state index contributed by atoms with van der Waals surface area (Å²) < 4.78 is 0. The van der Waals surface area contributed by atoms with Crippen molar-refractivity contribution in [2.24, 2.45) is 4.99 Å². The van der Waals surface area contributed by atoms with Gasteiger partial charge in [0.15, 0.2) is 5.96 Å². The maximum atomic E-state index is 12.4. The number of guanidine groups is 1. The molecule has 0 atom stereocenters. The molecule has 0 aromatic heterocycles. The lowest BCUT2D eigenvalue weighted by molar-refractivity contribution is 0.0773. The maximum absolute atomic E-state index is 12.4. The number of halogens is 1. The number of aliphatic imine (C=N–C) groups is 1. The molecule has 2 aromatic rings. The van der Waals surface area contributed by atoms with Crippen molar-refractivity contribution in [2.75, 3.05) is 27.2 Å². The lowest BCUT2D eigenvalue weighted by Gasteiger charge is -2.22. The third kappa shape index (κ3) is 6.82. The average molecular weight is 494 g/mol. The number of nitrogens with one attached hydrogen (secondary N) is 1. The minimum atomic E-state index is 0. The summed E-state index contributed by atoms with van der Waals surface area (Å²) in [6.07, 6.45) is 0. The number of hydrogen-bond donors (Lipinski definition) is 1. The highest BCUT2D eigenvalue weighted by Crippen LogP contribution is 2.08. The second-order valence-electron chi connectivity index (χ2n) is 6.42. The Balaban J connectivity index is 0.00000392. The van der Waals surface area contributed by atoms with E-state index in [4.69, 9.17) is 0 Å². The molecule has 0 aliphatic heterocycles. The average Bonchev–Trinajstić information content (AvgIpc) is 2.70. The van der Waals surface area contributed by atoms with Crippen molar-refractivity contribution in [1.82, 2.24) is 15.1 Å². The van der Waals surface area contributed by atoms with Gasteiger partial charge >= 0.3 is 0 Å². The number of carbonyl (C=O) groups is 1. The topological polar surface area (TPSA) is 47.9 Å². The largest absolute Gasteiger partial charge is 0.352 e. The van der Waals surface area contributed by atoms with Gasteiger partial charge in [0.25, 0.3) is 5.91 Å². The minimum absolute atomic E-state index is 0. The number of carbonyl (C=O) groups excluding carboxylic acids is 1. The maximum Gasteiger partial charge on any atom is 0.253 e. The lowest BCUT2D eigenvalue weighted by Crippen LogP contribution is -2.38. The molecule has 0 aliphatic carbocycles. The van der Waals surface area contributed by atoms with Gasteiger partial charge in [-0.15, -0.1) is 24.0 Å². The van der Waals surface area contributed by atoms with E-state index in [0.717, 1.165) is 36.7 Å². The Bertz CT molecular complexity index is 743. The van der Waals surface area contributed by atoms with E-state index in [0.29, 0.717) is 6.54 Å². The van der Waals surface area contributed by atoms with E-state index in [1.54, 1.807) is 7.05 Å². The van der Waals surface area contributed by atoms with Gasteiger partial charge in [0.05, 0.1) is 0 Å². The summed E-state index contributed by atoms with van der Waals surface area (Å²) in [5.74, 6) is 0.917. The number of rotatable bonds is 7. The van der Waals surface area contributed by atoms with Crippen molar-refractivity contribution in [3.8, 4) is 0 Å². The fourth-order valence-corrected chi connectivity index (χ4v) is 2.96. The van der Waals surface area contributed by atoms with Crippen LogP contribution in [-0.2, 0) is 13.1 Å². The second kappa shape index (κ2) is 12.4. The lowest BCUT2D eigenvalue weighted by atomic mass is 10.1. The van der Waals surface area contributed by atoms with Gasteiger partial charge in [0, 0.05) is 45.8 Å². The summed E-state index contributed by atoms with van der Waals surface area (Å²) in [6.45, 7) is 6.89. The van der Waals surface area contributed by atoms with Crippen molar-refractivity contribution >= 4 is 35.8 Å². The Hall–Kier alpha value is -2.09. The van der Waals surface area contributed by atoms with E-state index in [2.05, 4.69) is 27.3 Å². The molecule has 1 amide bonds. The third-order valence-electron chi connectivity index (χ3n) is 4.54. The van der Waals surface area contributed by atoms with Crippen LogP contribution in [0.4, 0.5) is 0 Å². The zero-order chi connectivity index (χ0) is 19.6. The summed E-state index contributed by atoms with van der Waals surface area (Å²) >= 11 is 0. The van der Waals surface area contributed by atoms with Gasteiger partial charge in [0.2, 0.25) is 0 Å². The number of benzene rings is 2. The molecule has 0 heterocycles. The van der Waals surface area contributed by atoms with Crippen molar-refractivity contribution in [3.63, 3.8) is 0 Å². The zero-order valence-electron chi connectivity index (χ0n) is 17.2. The van der Waals surface area contributed by atoms with E-state index < -0.39 is 0 Å². The first-order valence-electron chi connectivity index (χ1n) is 9.42. The summed E-state index contributed by atoms with van der Waals surface area (Å²) in [7, 11) is 3.81. The molecular formula is C22H31IN4O. The van der Waals surface area contributed by atoms with Crippen LogP contribution in [-0.4, -0.2) is 48.9 Å². The fourth-order valence-electron chi connectivity index (χ4n) is 2.96. The molecule has 6 heteroatoms. The molecule has 0 spiro atoms. The molecule has 0 fully saturated rings. The van der Waals surface area contributed by atoms with Crippen LogP contribution in [0, 0.1) is 0 Å². The first-order chi connectivity index (χ1) is 13.1. The van der Waals surface area contributed by atoms with Gasteiger partial charge in [-0.3, -0.25) is 9.79 Å². The quantitative estimate of drug-likeness (QED) is 0.360. The molecular weight excluding hydrogens is 463 g/mol. The standard InChI is InChI=1S/C22H30N4O.HI/c1-5-26(6-2)21(27)20-14-12-18(13-15-20)16-24-22(23-3)25(4)17-19-10-8-7-9-11-19;/h7-15H,5-6,16-17H2,1-4H3,(H,23,24);1H. The van der Waals surface area contributed by atoms with Crippen molar-refractivity contribution < 1.29 is 4.79 Å². The number of nitrogens with zero attached hydrogens (tertiary/aromatic N) is 3. The molecule has 5 nitrogen and oxygen atoms in total. The van der Waals surface area contributed by atoms with Gasteiger partial charge in [0.1, 0.15) is 0 Å². The van der Waals surface area contributed by atoms with Gasteiger partial charge in [-0.1, -0.05) is 42.5 Å². The summed E-state index contributed by atoms with van der Waals surface area (Å²) in [4.78, 5) is 20.7. The molecule has 0 saturated carbocycles. The van der Waals surface area contributed by atoms with Crippen LogP contribution in [0.3, 0.4) is 0 Å². The molecule has 28 heavy (non-hydrogen) atoms. The summed E-state index contributed by atoms with van der Waals surface area (Å²) in [6, 6.07) is 18.1. The Labute approximate surface area is 185 Å². The normalized spacial score (nSPS) is 10.8. The van der Waals surface area contributed by atoms with Crippen LogP contribution in [0.2, 0.25) is 0 Å². The zero-order valence-corrected chi connectivity index (χ0v) is 19.5. The fraction of sp³-hybridized carbons (Fsp3) is 0.364. The van der Waals surface area contributed by atoms with Crippen LogP contribution in [0.25, 0.3) is 0 Å². The highest BCUT2D eigenvalue weighted by atomic mass is 127. The third-order valence-corrected chi connectivity index (χ3v) is 4.54. The second-order valence-corrected chi connectivity index (χ2v) is 6.42. The predicted octanol–water partition coefficient (Wildman–Crippen LogP) is 3.99.